The van der Waals surface area contributed by atoms with Crippen molar-refractivity contribution >= 4 is 11.7 Å². The first-order valence-electron chi connectivity index (χ1n) is 7.26. The molecular formula is C18H21NO2. The molecule has 3 nitrogen and oxygen atoms in total. The van der Waals surface area contributed by atoms with Crippen LogP contribution in [0.15, 0.2) is 42.5 Å². The van der Waals surface area contributed by atoms with Crippen molar-refractivity contribution in [1.29, 1.82) is 0 Å². The lowest BCUT2D eigenvalue weighted by Gasteiger charge is -2.25. The summed E-state index contributed by atoms with van der Waals surface area (Å²) in [4.78, 5) is 13.9. The molecule has 0 atom stereocenters. The van der Waals surface area contributed by atoms with Crippen molar-refractivity contribution < 1.29 is 9.90 Å². The molecule has 0 aliphatic rings. The number of carboxylic acids is 1. The Morgan fingerprint density at radius 3 is 2.24 bits per heavy atom. The van der Waals surface area contributed by atoms with Crippen molar-refractivity contribution in [2.24, 2.45) is 0 Å². The molecule has 0 spiro atoms. The number of carboxylic acid groups (broad SMARTS) is 1. The zero-order valence-corrected chi connectivity index (χ0v) is 12.8. The van der Waals surface area contributed by atoms with Crippen LogP contribution in [-0.2, 0) is 0 Å². The van der Waals surface area contributed by atoms with E-state index in [4.69, 9.17) is 0 Å². The summed E-state index contributed by atoms with van der Waals surface area (Å²) in [7, 11) is 0. The Morgan fingerprint density at radius 2 is 1.71 bits per heavy atom. The SMILES string of the molecule is CCN(CC)c1cc(C)cc(-c2ccccc2)c1C(=O)O. The third-order valence-electron chi connectivity index (χ3n) is 3.66. The lowest BCUT2D eigenvalue weighted by molar-refractivity contribution is 0.0698. The van der Waals surface area contributed by atoms with Gasteiger partial charge >= 0.3 is 5.97 Å². The van der Waals surface area contributed by atoms with Gasteiger partial charge in [0.2, 0.25) is 0 Å². The Kier molecular flexibility index (Phi) is 4.63. The Bertz CT molecular complexity index is 631. The van der Waals surface area contributed by atoms with E-state index in [-0.39, 0.29) is 0 Å². The molecular weight excluding hydrogens is 262 g/mol. The fourth-order valence-corrected chi connectivity index (χ4v) is 2.65. The number of benzene rings is 2. The number of rotatable bonds is 5. The van der Waals surface area contributed by atoms with Crippen LogP contribution in [0.2, 0.25) is 0 Å². The highest BCUT2D eigenvalue weighted by Crippen LogP contribution is 2.33. The third-order valence-corrected chi connectivity index (χ3v) is 3.66. The van der Waals surface area contributed by atoms with Crippen molar-refractivity contribution in [3.63, 3.8) is 0 Å². The lowest BCUT2D eigenvalue weighted by Crippen LogP contribution is -2.24. The maximum absolute atomic E-state index is 11.8. The highest BCUT2D eigenvalue weighted by molar-refractivity contribution is 6.02. The van der Waals surface area contributed by atoms with Crippen LogP contribution >= 0.6 is 0 Å². The quantitative estimate of drug-likeness (QED) is 0.893. The number of carbonyl (C=O) groups is 1. The van der Waals surface area contributed by atoms with Crippen LogP contribution in [0.25, 0.3) is 11.1 Å². The molecule has 0 radical (unpaired) electrons. The zero-order chi connectivity index (χ0) is 15.4. The van der Waals surface area contributed by atoms with Crippen molar-refractivity contribution in [3.05, 3.63) is 53.6 Å². The maximum atomic E-state index is 11.8. The van der Waals surface area contributed by atoms with Gasteiger partial charge in [-0.25, -0.2) is 4.79 Å². The molecule has 2 aromatic rings. The molecule has 0 aliphatic carbocycles. The Balaban J connectivity index is 2.73. The number of hydrogen-bond donors (Lipinski definition) is 1. The fraction of sp³-hybridized carbons (Fsp3) is 0.278. The number of hydrogen-bond acceptors (Lipinski definition) is 2. The van der Waals surface area contributed by atoms with E-state index in [1.54, 1.807) is 0 Å². The molecule has 2 aromatic carbocycles. The molecule has 0 saturated heterocycles. The smallest absolute Gasteiger partial charge is 0.338 e. The molecule has 1 N–H and O–H groups in total. The Hall–Kier alpha value is -2.29. The van der Waals surface area contributed by atoms with Crippen LogP contribution in [0.4, 0.5) is 5.69 Å². The molecule has 0 saturated carbocycles. The van der Waals surface area contributed by atoms with E-state index in [9.17, 15) is 9.90 Å². The monoisotopic (exact) mass is 283 g/mol. The zero-order valence-electron chi connectivity index (χ0n) is 12.8. The average Bonchev–Trinajstić information content (AvgIpc) is 2.48. The summed E-state index contributed by atoms with van der Waals surface area (Å²) in [6.07, 6.45) is 0. The van der Waals surface area contributed by atoms with E-state index in [0.717, 1.165) is 35.5 Å². The second-order valence-electron chi connectivity index (χ2n) is 5.05. The van der Waals surface area contributed by atoms with Crippen LogP contribution < -0.4 is 4.90 Å². The summed E-state index contributed by atoms with van der Waals surface area (Å²) in [5.74, 6) is -0.879. The van der Waals surface area contributed by atoms with Crippen molar-refractivity contribution in [3.8, 4) is 11.1 Å². The van der Waals surface area contributed by atoms with Gasteiger partial charge < -0.3 is 10.0 Å². The molecule has 110 valence electrons. The van der Waals surface area contributed by atoms with Gasteiger partial charge in [-0.1, -0.05) is 36.4 Å². The van der Waals surface area contributed by atoms with Gasteiger partial charge in [-0.05, 0) is 43.5 Å². The summed E-state index contributed by atoms with van der Waals surface area (Å²) in [6.45, 7) is 7.66. The highest BCUT2D eigenvalue weighted by Gasteiger charge is 2.20. The predicted octanol–water partition coefficient (Wildman–Crippen LogP) is 4.21. The molecule has 0 unspecified atom stereocenters. The van der Waals surface area contributed by atoms with Gasteiger partial charge in [-0.15, -0.1) is 0 Å². The van der Waals surface area contributed by atoms with Gasteiger partial charge in [0.25, 0.3) is 0 Å². The van der Waals surface area contributed by atoms with Gasteiger partial charge in [0, 0.05) is 13.1 Å². The molecule has 0 amide bonds. The summed E-state index contributed by atoms with van der Waals surface area (Å²) in [5.41, 5.74) is 3.97. The predicted molar refractivity (Wildman–Crippen MR) is 87.1 cm³/mol. The standard InChI is InChI=1S/C18H21NO2/c1-4-19(5-2)16-12-13(3)11-15(17(16)18(20)21)14-9-7-6-8-10-14/h6-12H,4-5H2,1-3H3,(H,20,21). The number of aromatic carboxylic acids is 1. The first-order chi connectivity index (χ1) is 10.1. The molecule has 21 heavy (non-hydrogen) atoms. The largest absolute Gasteiger partial charge is 0.478 e. The number of aryl methyl sites for hydroxylation is 1. The van der Waals surface area contributed by atoms with E-state index in [1.165, 1.54) is 0 Å². The van der Waals surface area contributed by atoms with Crippen LogP contribution in [0, 0.1) is 6.92 Å². The summed E-state index contributed by atoms with van der Waals surface area (Å²) in [6, 6.07) is 13.6. The Morgan fingerprint density at radius 1 is 1.10 bits per heavy atom. The van der Waals surface area contributed by atoms with E-state index >= 15 is 0 Å². The summed E-state index contributed by atoms with van der Waals surface area (Å²) < 4.78 is 0. The average molecular weight is 283 g/mol. The fourth-order valence-electron chi connectivity index (χ4n) is 2.65. The van der Waals surface area contributed by atoms with Crippen molar-refractivity contribution in [2.75, 3.05) is 18.0 Å². The van der Waals surface area contributed by atoms with Crippen molar-refractivity contribution in [2.45, 2.75) is 20.8 Å². The van der Waals surface area contributed by atoms with E-state index < -0.39 is 5.97 Å². The normalized spacial score (nSPS) is 10.4. The molecule has 0 fully saturated rings. The third kappa shape index (κ3) is 3.07. The van der Waals surface area contributed by atoms with Gasteiger partial charge in [0.1, 0.15) is 0 Å². The molecule has 0 aromatic heterocycles. The highest BCUT2D eigenvalue weighted by atomic mass is 16.4. The molecule has 0 heterocycles. The topological polar surface area (TPSA) is 40.5 Å². The Labute approximate surface area is 125 Å². The van der Waals surface area contributed by atoms with E-state index in [1.807, 2.05) is 63.2 Å². The van der Waals surface area contributed by atoms with Gasteiger partial charge in [0.15, 0.2) is 0 Å². The second-order valence-corrected chi connectivity index (χ2v) is 5.05. The summed E-state index contributed by atoms with van der Waals surface area (Å²) in [5, 5.41) is 9.71. The van der Waals surface area contributed by atoms with Crippen LogP contribution in [0.3, 0.4) is 0 Å². The van der Waals surface area contributed by atoms with Crippen molar-refractivity contribution in [1.82, 2.24) is 0 Å². The first kappa shape index (κ1) is 15.1. The maximum Gasteiger partial charge on any atom is 0.338 e. The minimum absolute atomic E-state index is 0.385. The first-order valence-corrected chi connectivity index (χ1v) is 7.26. The van der Waals surface area contributed by atoms with Gasteiger partial charge in [0.05, 0.1) is 11.3 Å². The number of anilines is 1. The molecule has 3 heteroatoms. The van der Waals surface area contributed by atoms with Gasteiger partial charge in [-0.3, -0.25) is 0 Å². The number of nitrogens with zero attached hydrogens (tertiary/aromatic N) is 1. The van der Waals surface area contributed by atoms with Crippen LogP contribution in [0.5, 0.6) is 0 Å². The van der Waals surface area contributed by atoms with Crippen LogP contribution in [-0.4, -0.2) is 24.2 Å². The minimum atomic E-state index is -0.879. The van der Waals surface area contributed by atoms with Crippen LogP contribution in [0.1, 0.15) is 29.8 Å². The molecule has 2 rings (SSSR count). The van der Waals surface area contributed by atoms with E-state index in [0.29, 0.717) is 5.56 Å². The lowest BCUT2D eigenvalue weighted by atomic mass is 9.95. The van der Waals surface area contributed by atoms with Gasteiger partial charge in [-0.2, -0.15) is 0 Å². The molecule has 0 aliphatic heterocycles. The summed E-state index contributed by atoms with van der Waals surface area (Å²) >= 11 is 0. The minimum Gasteiger partial charge on any atom is -0.478 e. The molecule has 0 bridgehead atoms. The van der Waals surface area contributed by atoms with E-state index in [2.05, 4.69) is 4.90 Å². The second kappa shape index (κ2) is 6.44.